The highest BCUT2D eigenvalue weighted by molar-refractivity contribution is 6.29. The Kier molecular flexibility index (Phi) is 5.30. The van der Waals surface area contributed by atoms with Gasteiger partial charge in [0.25, 0.3) is 0 Å². The van der Waals surface area contributed by atoms with Gasteiger partial charge in [-0.3, -0.25) is 14.6 Å². The van der Waals surface area contributed by atoms with E-state index in [-0.39, 0.29) is 22.6 Å². The van der Waals surface area contributed by atoms with Crippen molar-refractivity contribution in [1.29, 1.82) is 0 Å². The predicted molar refractivity (Wildman–Crippen MR) is 105 cm³/mol. The van der Waals surface area contributed by atoms with Crippen LogP contribution in [0.3, 0.4) is 0 Å². The number of aryl methyl sites for hydroxylation is 1. The normalized spacial score (nSPS) is 18.9. The lowest BCUT2D eigenvalue weighted by Crippen LogP contribution is -2.58. The number of nitrogens with zero attached hydrogens (tertiary/aromatic N) is 2. The lowest BCUT2D eigenvalue weighted by atomic mass is 9.73. The van der Waals surface area contributed by atoms with Crippen LogP contribution in [0.1, 0.15) is 51.7 Å². The van der Waals surface area contributed by atoms with Crippen LogP contribution in [0, 0.1) is 0 Å². The summed E-state index contributed by atoms with van der Waals surface area (Å²) in [6, 6.07) is 5.35. The van der Waals surface area contributed by atoms with Crippen molar-refractivity contribution in [1.82, 2.24) is 9.97 Å². The van der Waals surface area contributed by atoms with Gasteiger partial charge in [0, 0.05) is 0 Å². The quantitative estimate of drug-likeness (QED) is 0.709. The maximum Gasteiger partial charge on any atom is 0.239 e. The monoisotopic (exact) mass is 402 g/mol. The minimum Gasteiger partial charge on any atom is -0.437 e. The van der Waals surface area contributed by atoms with E-state index < -0.39 is 17.1 Å². The molecule has 0 saturated carbocycles. The zero-order chi connectivity index (χ0) is 20.7. The summed E-state index contributed by atoms with van der Waals surface area (Å²) in [6.45, 7) is 8.77. The summed E-state index contributed by atoms with van der Waals surface area (Å²) in [5.74, 6) is -0.750. The molecule has 0 N–H and O–H groups in total. The van der Waals surface area contributed by atoms with E-state index in [0.29, 0.717) is 17.7 Å². The third-order valence-corrected chi connectivity index (χ3v) is 5.02. The first-order chi connectivity index (χ1) is 13.0. The number of ketones is 2. The Balaban J connectivity index is 2.06. The molecule has 6 nitrogen and oxygen atoms in total. The Hall–Kier alpha value is -2.31. The van der Waals surface area contributed by atoms with Gasteiger partial charge in [-0.25, -0.2) is 0 Å². The number of benzene rings is 1. The van der Waals surface area contributed by atoms with Crippen molar-refractivity contribution in [2.75, 3.05) is 0 Å². The highest BCUT2D eigenvalue weighted by Gasteiger charge is 2.53. The molecule has 0 bridgehead atoms. The first-order valence-corrected chi connectivity index (χ1v) is 9.50. The molecule has 3 rings (SSSR count). The Bertz CT molecular complexity index is 914. The van der Waals surface area contributed by atoms with Crippen molar-refractivity contribution in [3.8, 4) is 11.6 Å². The van der Waals surface area contributed by atoms with Gasteiger partial charge < -0.3 is 9.47 Å². The van der Waals surface area contributed by atoms with Crippen LogP contribution < -0.4 is 4.74 Å². The second kappa shape index (κ2) is 7.26. The fourth-order valence-electron chi connectivity index (χ4n) is 3.56. The second-order valence-corrected chi connectivity index (χ2v) is 8.17. The van der Waals surface area contributed by atoms with Gasteiger partial charge in [-0.15, -0.1) is 0 Å². The predicted octanol–water partition coefficient (Wildman–Crippen LogP) is 4.29. The Morgan fingerprint density at radius 1 is 1.11 bits per heavy atom. The molecule has 0 aliphatic carbocycles. The fraction of sp³-hybridized carbons (Fsp3) is 0.429. The smallest absolute Gasteiger partial charge is 0.239 e. The number of rotatable bonds is 4. The number of hydrogen-bond acceptors (Lipinski definition) is 6. The fourth-order valence-corrected chi connectivity index (χ4v) is 3.70. The number of carbonyl (C=O) groups excluding carboxylic acids is 2. The molecule has 1 aliphatic rings. The van der Waals surface area contributed by atoms with Crippen LogP contribution in [0.2, 0.25) is 5.15 Å². The Morgan fingerprint density at radius 3 is 2.32 bits per heavy atom. The number of halogens is 1. The molecule has 2 heterocycles. The van der Waals surface area contributed by atoms with Crippen molar-refractivity contribution in [2.45, 2.75) is 58.2 Å². The maximum absolute atomic E-state index is 13.1. The molecule has 148 valence electrons. The third-order valence-electron chi connectivity index (χ3n) is 4.84. The van der Waals surface area contributed by atoms with Gasteiger partial charge in [-0.2, -0.15) is 4.98 Å². The zero-order valence-corrected chi connectivity index (χ0v) is 17.3. The number of aromatic nitrogens is 2. The number of Topliss-reactive ketones (excluding diaryl/α,β-unsaturated/α-hetero) is 2. The second-order valence-electron chi connectivity index (χ2n) is 7.78. The summed E-state index contributed by atoms with van der Waals surface area (Å²) < 4.78 is 11.5. The molecule has 2 aromatic rings. The van der Waals surface area contributed by atoms with Gasteiger partial charge in [0.15, 0.2) is 16.7 Å². The molecule has 0 spiro atoms. The molecule has 1 fully saturated rings. The average Bonchev–Trinajstić information content (AvgIpc) is 2.60. The highest BCUT2D eigenvalue weighted by Crippen LogP contribution is 2.40. The lowest BCUT2D eigenvalue weighted by molar-refractivity contribution is -0.184. The largest absolute Gasteiger partial charge is 0.437 e. The van der Waals surface area contributed by atoms with E-state index in [1.54, 1.807) is 39.8 Å². The standard InChI is InChI=1S/C21H23ClN2O4/c1-6-12-7-8-13(27-16-11-23-10-15(22)24-16)9-14(12)17-18(25)20(2,3)28-21(4,5)19(17)26/h7-11,17H,6H2,1-5H3. The summed E-state index contributed by atoms with van der Waals surface area (Å²) in [4.78, 5) is 34.2. The molecule has 1 aromatic heterocycles. The minimum atomic E-state index is -1.07. The van der Waals surface area contributed by atoms with Crippen molar-refractivity contribution < 1.29 is 19.1 Å². The zero-order valence-electron chi connectivity index (χ0n) is 16.6. The maximum atomic E-state index is 13.1. The molecule has 0 radical (unpaired) electrons. The van der Waals surface area contributed by atoms with Gasteiger partial charge in [0.1, 0.15) is 22.9 Å². The van der Waals surface area contributed by atoms with Crippen LogP contribution in [-0.4, -0.2) is 32.7 Å². The summed E-state index contributed by atoms with van der Waals surface area (Å²) in [5, 5.41) is 0.209. The van der Waals surface area contributed by atoms with E-state index in [1.807, 2.05) is 13.0 Å². The molecular formula is C21H23ClN2O4. The van der Waals surface area contributed by atoms with Crippen molar-refractivity contribution in [2.24, 2.45) is 0 Å². The van der Waals surface area contributed by atoms with Crippen LogP contribution in [0.5, 0.6) is 11.6 Å². The van der Waals surface area contributed by atoms with E-state index in [9.17, 15) is 9.59 Å². The van der Waals surface area contributed by atoms with Gasteiger partial charge >= 0.3 is 0 Å². The van der Waals surface area contributed by atoms with Crippen LogP contribution in [0.15, 0.2) is 30.6 Å². The molecule has 7 heteroatoms. The van der Waals surface area contributed by atoms with E-state index in [4.69, 9.17) is 21.1 Å². The highest BCUT2D eigenvalue weighted by atomic mass is 35.5. The number of ether oxygens (including phenoxy) is 2. The van der Waals surface area contributed by atoms with Crippen LogP contribution in [-0.2, 0) is 20.7 Å². The van der Waals surface area contributed by atoms with Crippen LogP contribution >= 0.6 is 11.6 Å². The summed E-state index contributed by atoms with van der Waals surface area (Å²) in [6.07, 6.45) is 3.52. The van der Waals surface area contributed by atoms with Crippen LogP contribution in [0.25, 0.3) is 0 Å². The van der Waals surface area contributed by atoms with E-state index in [2.05, 4.69) is 9.97 Å². The van der Waals surface area contributed by atoms with Gasteiger partial charge in [-0.05, 0) is 57.4 Å². The average molecular weight is 403 g/mol. The molecule has 1 saturated heterocycles. The van der Waals surface area contributed by atoms with Gasteiger partial charge in [-0.1, -0.05) is 24.6 Å². The molecule has 28 heavy (non-hydrogen) atoms. The van der Waals surface area contributed by atoms with Crippen molar-refractivity contribution in [3.63, 3.8) is 0 Å². The molecule has 1 aliphatic heterocycles. The number of carbonyl (C=O) groups is 2. The molecule has 0 amide bonds. The molecule has 0 unspecified atom stereocenters. The van der Waals surface area contributed by atoms with E-state index >= 15 is 0 Å². The van der Waals surface area contributed by atoms with Crippen molar-refractivity contribution in [3.05, 3.63) is 46.9 Å². The van der Waals surface area contributed by atoms with E-state index in [0.717, 1.165) is 5.56 Å². The molecule has 1 aromatic carbocycles. The third kappa shape index (κ3) is 3.80. The lowest BCUT2D eigenvalue weighted by Gasteiger charge is -2.43. The molecule has 0 atom stereocenters. The summed E-state index contributed by atoms with van der Waals surface area (Å²) in [5.41, 5.74) is -0.593. The number of hydrogen-bond donors (Lipinski definition) is 0. The first-order valence-electron chi connectivity index (χ1n) is 9.12. The van der Waals surface area contributed by atoms with Crippen LogP contribution in [0.4, 0.5) is 0 Å². The summed E-state index contributed by atoms with van der Waals surface area (Å²) >= 11 is 5.86. The van der Waals surface area contributed by atoms with Crippen molar-refractivity contribution >= 4 is 23.2 Å². The van der Waals surface area contributed by atoms with Gasteiger partial charge in [0.05, 0.1) is 12.4 Å². The van der Waals surface area contributed by atoms with Gasteiger partial charge in [0.2, 0.25) is 5.88 Å². The topological polar surface area (TPSA) is 78.4 Å². The Labute approximate surface area is 169 Å². The van der Waals surface area contributed by atoms with E-state index in [1.165, 1.54) is 12.4 Å². The molecular weight excluding hydrogens is 380 g/mol. The summed E-state index contributed by atoms with van der Waals surface area (Å²) in [7, 11) is 0. The Morgan fingerprint density at radius 2 is 1.75 bits per heavy atom. The minimum absolute atomic E-state index is 0.209. The SMILES string of the molecule is CCc1ccc(Oc2cncc(Cl)n2)cc1C1C(=O)C(C)(C)OC(C)(C)C1=O. The first kappa shape index (κ1) is 20.4.